The van der Waals surface area contributed by atoms with Crippen molar-refractivity contribution >= 4 is 12.0 Å². The first kappa shape index (κ1) is 10.4. The molecule has 1 aromatic rings. The molecule has 0 bridgehead atoms. The summed E-state index contributed by atoms with van der Waals surface area (Å²) in [7, 11) is 1.86. The van der Waals surface area contributed by atoms with Gasteiger partial charge in [-0.3, -0.25) is 4.79 Å². The first-order valence-corrected chi connectivity index (χ1v) is 4.32. The minimum Gasteiger partial charge on any atom is -0.364 e. The molecule has 0 radical (unpaired) electrons. The van der Waals surface area contributed by atoms with Crippen LogP contribution in [0.4, 0.5) is 0 Å². The second-order valence-corrected chi connectivity index (χ2v) is 2.77. The molecule has 3 N–H and O–H groups in total. The maximum atomic E-state index is 10.8. The van der Waals surface area contributed by atoms with Crippen LogP contribution in [0, 0.1) is 0 Å². The van der Waals surface area contributed by atoms with E-state index in [0.29, 0.717) is 0 Å². The SMILES string of the molecule is CNCC=Cc1cccc(C(N)=O)n1. The number of amides is 1. The summed E-state index contributed by atoms with van der Waals surface area (Å²) >= 11 is 0. The Hall–Kier alpha value is -1.68. The molecule has 1 aromatic heterocycles. The van der Waals surface area contributed by atoms with E-state index in [-0.39, 0.29) is 5.69 Å². The number of nitrogens with two attached hydrogens (primary N) is 1. The second kappa shape index (κ2) is 5.14. The molecule has 0 saturated heterocycles. The molecule has 1 amide bonds. The van der Waals surface area contributed by atoms with Gasteiger partial charge >= 0.3 is 0 Å². The topological polar surface area (TPSA) is 68.0 Å². The predicted molar refractivity (Wildman–Crippen MR) is 55.7 cm³/mol. The summed E-state index contributed by atoms with van der Waals surface area (Å²) < 4.78 is 0. The molecular formula is C10H13N3O. The summed E-state index contributed by atoms with van der Waals surface area (Å²) in [6, 6.07) is 5.17. The predicted octanol–water partition coefficient (Wildman–Crippen LogP) is 0.413. The van der Waals surface area contributed by atoms with Crippen molar-refractivity contribution in [1.29, 1.82) is 0 Å². The standard InChI is InChI=1S/C10H13N3O/c1-12-7-3-5-8-4-2-6-9(13-8)10(11)14/h2-6,12H,7H2,1H3,(H2,11,14). The van der Waals surface area contributed by atoms with Crippen molar-refractivity contribution in [2.75, 3.05) is 13.6 Å². The molecule has 0 aliphatic heterocycles. The Balaban J connectivity index is 2.78. The Morgan fingerprint density at radius 3 is 3.07 bits per heavy atom. The Labute approximate surface area is 82.8 Å². The van der Waals surface area contributed by atoms with Gasteiger partial charge in [0, 0.05) is 6.54 Å². The van der Waals surface area contributed by atoms with Gasteiger partial charge in [0.05, 0.1) is 5.69 Å². The van der Waals surface area contributed by atoms with Gasteiger partial charge in [0.2, 0.25) is 0 Å². The van der Waals surface area contributed by atoms with Crippen molar-refractivity contribution in [2.24, 2.45) is 5.73 Å². The highest BCUT2D eigenvalue weighted by Gasteiger charge is 2.00. The lowest BCUT2D eigenvalue weighted by atomic mass is 10.3. The Morgan fingerprint density at radius 2 is 2.43 bits per heavy atom. The molecule has 4 heteroatoms. The lowest BCUT2D eigenvalue weighted by Crippen LogP contribution is -2.13. The van der Waals surface area contributed by atoms with E-state index in [0.717, 1.165) is 12.2 Å². The monoisotopic (exact) mass is 191 g/mol. The van der Waals surface area contributed by atoms with Crippen LogP contribution in [0.2, 0.25) is 0 Å². The maximum absolute atomic E-state index is 10.8. The van der Waals surface area contributed by atoms with E-state index in [1.54, 1.807) is 12.1 Å². The van der Waals surface area contributed by atoms with E-state index in [1.807, 2.05) is 25.3 Å². The molecule has 1 rings (SSSR count). The van der Waals surface area contributed by atoms with E-state index in [4.69, 9.17) is 5.73 Å². The molecule has 0 aromatic carbocycles. The van der Waals surface area contributed by atoms with Crippen molar-refractivity contribution in [3.05, 3.63) is 35.7 Å². The van der Waals surface area contributed by atoms with E-state index in [1.165, 1.54) is 0 Å². The molecule has 14 heavy (non-hydrogen) atoms. The second-order valence-electron chi connectivity index (χ2n) is 2.77. The summed E-state index contributed by atoms with van der Waals surface area (Å²) in [6.07, 6.45) is 3.76. The van der Waals surface area contributed by atoms with E-state index in [2.05, 4.69) is 10.3 Å². The van der Waals surface area contributed by atoms with Crippen LogP contribution in [-0.4, -0.2) is 24.5 Å². The molecule has 0 spiro atoms. The van der Waals surface area contributed by atoms with Crippen molar-refractivity contribution in [2.45, 2.75) is 0 Å². The quantitative estimate of drug-likeness (QED) is 0.724. The van der Waals surface area contributed by atoms with E-state index >= 15 is 0 Å². The number of rotatable bonds is 4. The highest BCUT2D eigenvalue weighted by atomic mass is 16.1. The smallest absolute Gasteiger partial charge is 0.267 e. The minimum absolute atomic E-state index is 0.289. The molecule has 1 heterocycles. The first-order chi connectivity index (χ1) is 6.74. The highest BCUT2D eigenvalue weighted by molar-refractivity contribution is 5.90. The Morgan fingerprint density at radius 1 is 1.64 bits per heavy atom. The number of primary amides is 1. The fraction of sp³-hybridized carbons (Fsp3) is 0.200. The number of hydrogen-bond acceptors (Lipinski definition) is 3. The highest BCUT2D eigenvalue weighted by Crippen LogP contribution is 2.00. The summed E-state index contributed by atoms with van der Waals surface area (Å²) in [5.41, 5.74) is 6.12. The van der Waals surface area contributed by atoms with E-state index < -0.39 is 5.91 Å². The molecular weight excluding hydrogens is 178 g/mol. The van der Waals surface area contributed by atoms with Gasteiger partial charge in [0.25, 0.3) is 5.91 Å². The number of hydrogen-bond donors (Lipinski definition) is 2. The molecule has 0 aliphatic rings. The van der Waals surface area contributed by atoms with Gasteiger partial charge < -0.3 is 11.1 Å². The maximum Gasteiger partial charge on any atom is 0.267 e. The summed E-state index contributed by atoms with van der Waals surface area (Å²) in [5.74, 6) is -0.506. The van der Waals surface area contributed by atoms with Crippen LogP contribution >= 0.6 is 0 Å². The molecule has 74 valence electrons. The zero-order valence-electron chi connectivity index (χ0n) is 8.03. The van der Waals surface area contributed by atoms with Crippen molar-refractivity contribution in [3.8, 4) is 0 Å². The third-order valence-electron chi connectivity index (χ3n) is 1.63. The lowest BCUT2D eigenvalue weighted by molar-refractivity contribution is 0.0995. The van der Waals surface area contributed by atoms with Crippen LogP contribution in [-0.2, 0) is 0 Å². The van der Waals surface area contributed by atoms with Crippen LogP contribution in [0.3, 0.4) is 0 Å². The fourth-order valence-corrected chi connectivity index (χ4v) is 0.979. The molecule has 0 atom stereocenters. The number of aromatic nitrogens is 1. The fourth-order valence-electron chi connectivity index (χ4n) is 0.979. The van der Waals surface area contributed by atoms with Gasteiger partial charge in [-0.25, -0.2) is 4.98 Å². The Bertz CT molecular complexity index is 347. The van der Waals surface area contributed by atoms with Gasteiger partial charge in [-0.2, -0.15) is 0 Å². The van der Waals surface area contributed by atoms with Crippen molar-refractivity contribution in [1.82, 2.24) is 10.3 Å². The van der Waals surface area contributed by atoms with Gasteiger partial charge in [0.15, 0.2) is 0 Å². The molecule has 0 fully saturated rings. The first-order valence-electron chi connectivity index (χ1n) is 4.32. The average molecular weight is 191 g/mol. The third-order valence-corrected chi connectivity index (χ3v) is 1.63. The lowest BCUT2D eigenvalue weighted by Gasteiger charge is -1.96. The van der Waals surface area contributed by atoms with Crippen molar-refractivity contribution < 1.29 is 4.79 Å². The minimum atomic E-state index is -0.506. The van der Waals surface area contributed by atoms with Crippen LogP contribution in [0.5, 0.6) is 0 Å². The number of nitrogens with zero attached hydrogens (tertiary/aromatic N) is 1. The number of carbonyl (C=O) groups is 1. The van der Waals surface area contributed by atoms with Gasteiger partial charge in [-0.15, -0.1) is 0 Å². The largest absolute Gasteiger partial charge is 0.364 e. The van der Waals surface area contributed by atoms with Crippen LogP contribution in [0.15, 0.2) is 24.3 Å². The number of likely N-dealkylation sites (N-methyl/N-ethyl adjacent to an activating group) is 1. The van der Waals surface area contributed by atoms with Crippen molar-refractivity contribution in [3.63, 3.8) is 0 Å². The van der Waals surface area contributed by atoms with Crippen LogP contribution < -0.4 is 11.1 Å². The number of pyridine rings is 1. The number of carbonyl (C=O) groups excluding carboxylic acids is 1. The molecule has 0 aliphatic carbocycles. The van der Waals surface area contributed by atoms with Crippen LogP contribution in [0.25, 0.3) is 6.08 Å². The Kier molecular flexibility index (Phi) is 3.82. The molecule has 0 saturated carbocycles. The van der Waals surface area contributed by atoms with E-state index in [9.17, 15) is 4.79 Å². The molecule has 0 unspecified atom stereocenters. The molecule has 4 nitrogen and oxygen atoms in total. The zero-order chi connectivity index (χ0) is 10.4. The average Bonchev–Trinajstić information content (AvgIpc) is 2.19. The summed E-state index contributed by atoms with van der Waals surface area (Å²) in [6.45, 7) is 0.766. The van der Waals surface area contributed by atoms with Gasteiger partial charge in [-0.05, 0) is 25.3 Å². The van der Waals surface area contributed by atoms with Crippen LogP contribution in [0.1, 0.15) is 16.2 Å². The van der Waals surface area contributed by atoms with Gasteiger partial charge in [-0.1, -0.05) is 12.1 Å². The zero-order valence-corrected chi connectivity index (χ0v) is 8.03. The third kappa shape index (κ3) is 2.99. The van der Waals surface area contributed by atoms with Gasteiger partial charge in [0.1, 0.15) is 5.69 Å². The summed E-state index contributed by atoms with van der Waals surface area (Å²) in [5, 5.41) is 2.97. The summed E-state index contributed by atoms with van der Waals surface area (Å²) in [4.78, 5) is 14.9. The number of nitrogens with one attached hydrogen (secondary N) is 1. The normalized spacial score (nSPS) is 10.6.